The minimum Gasteiger partial charge on any atom is -0.497 e. The summed E-state index contributed by atoms with van der Waals surface area (Å²) in [5.41, 5.74) is 2.44. The highest BCUT2D eigenvalue weighted by Crippen LogP contribution is 2.24. The molecule has 3 rings (SSSR count). The van der Waals surface area contributed by atoms with Crippen molar-refractivity contribution in [2.24, 2.45) is 0 Å². The monoisotopic (exact) mass is 441 g/mol. The summed E-state index contributed by atoms with van der Waals surface area (Å²) in [4.78, 5) is 28.9. The molecule has 0 bridgehead atoms. The van der Waals surface area contributed by atoms with Crippen molar-refractivity contribution in [1.29, 1.82) is 0 Å². The van der Waals surface area contributed by atoms with Gasteiger partial charge in [0.15, 0.2) is 4.34 Å². The molecule has 6 nitrogen and oxygen atoms in total. The third-order valence-electron chi connectivity index (χ3n) is 4.23. The summed E-state index contributed by atoms with van der Waals surface area (Å²) in [5, 5.41) is 7.68. The summed E-state index contributed by atoms with van der Waals surface area (Å²) in [5.74, 6) is 0.717. The highest BCUT2D eigenvalue weighted by atomic mass is 32.2. The fourth-order valence-electron chi connectivity index (χ4n) is 2.74. The van der Waals surface area contributed by atoms with Gasteiger partial charge < -0.3 is 15.4 Å². The molecule has 156 valence electrons. The molecule has 0 aliphatic rings. The van der Waals surface area contributed by atoms with Crippen molar-refractivity contribution in [3.05, 3.63) is 71.2 Å². The molecule has 0 spiro atoms. The number of carbonyl (C=O) groups excluding carboxylic acids is 2. The van der Waals surface area contributed by atoms with Crippen LogP contribution in [0.4, 0.5) is 5.69 Å². The van der Waals surface area contributed by atoms with Gasteiger partial charge in [-0.3, -0.25) is 9.59 Å². The second-order valence-electron chi connectivity index (χ2n) is 6.55. The Hall–Kier alpha value is -2.84. The lowest BCUT2D eigenvalue weighted by Gasteiger charge is -2.13. The molecule has 2 N–H and O–H groups in total. The SMILES string of the molecule is COc1cccc(NC(=O)CSc2nc(CC(=O)N[C@H](C)c3ccccc3)cs2)c1. The Balaban J connectivity index is 1.45. The second kappa shape index (κ2) is 10.8. The van der Waals surface area contributed by atoms with Crippen molar-refractivity contribution >= 4 is 40.6 Å². The average Bonchev–Trinajstić information content (AvgIpc) is 3.20. The van der Waals surface area contributed by atoms with Gasteiger partial charge in [0.1, 0.15) is 5.75 Å². The summed E-state index contributed by atoms with van der Waals surface area (Å²) in [6, 6.07) is 17.0. The van der Waals surface area contributed by atoms with E-state index in [4.69, 9.17) is 4.74 Å². The predicted molar refractivity (Wildman–Crippen MR) is 121 cm³/mol. The molecule has 30 heavy (non-hydrogen) atoms. The third-order valence-corrected chi connectivity index (χ3v) is 6.30. The third kappa shape index (κ3) is 6.60. The molecule has 1 heterocycles. The topological polar surface area (TPSA) is 80.3 Å². The number of rotatable bonds is 9. The molecule has 2 amide bonds. The predicted octanol–water partition coefficient (Wildman–Crippen LogP) is 4.30. The van der Waals surface area contributed by atoms with E-state index in [1.54, 1.807) is 13.2 Å². The molecule has 0 saturated heterocycles. The molecule has 0 aliphatic carbocycles. The maximum atomic E-state index is 12.3. The number of thioether (sulfide) groups is 1. The van der Waals surface area contributed by atoms with Gasteiger partial charge in [0.2, 0.25) is 11.8 Å². The Labute approximate surface area is 184 Å². The first kappa shape index (κ1) is 21.9. The minimum absolute atomic E-state index is 0.0634. The van der Waals surface area contributed by atoms with Crippen LogP contribution in [0.25, 0.3) is 0 Å². The molecule has 8 heteroatoms. The lowest BCUT2D eigenvalue weighted by atomic mass is 10.1. The van der Waals surface area contributed by atoms with Crippen LogP contribution in [0, 0.1) is 0 Å². The molecule has 0 radical (unpaired) electrons. The number of amides is 2. The maximum Gasteiger partial charge on any atom is 0.234 e. The van der Waals surface area contributed by atoms with Gasteiger partial charge in [0.25, 0.3) is 0 Å². The van der Waals surface area contributed by atoms with Crippen LogP contribution in [0.1, 0.15) is 24.2 Å². The van der Waals surface area contributed by atoms with E-state index in [0.717, 1.165) is 9.90 Å². The number of carbonyl (C=O) groups is 2. The van der Waals surface area contributed by atoms with Crippen LogP contribution in [0.5, 0.6) is 5.75 Å². The van der Waals surface area contributed by atoms with Crippen LogP contribution in [-0.2, 0) is 16.0 Å². The summed E-state index contributed by atoms with van der Waals surface area (Å²) in [6.07, 6.45) is 0.213. The van der Waals surface area contributed by atoms with Gasteiger partial charge in [-0.25, -0.2) is 4.98 Å². The highest BCUT2D eigenvalue weighted by molar-refractivity contribution is 8.01. The Morgan fingerprint density at radius 2 is 1.93 bits per heavy atom. The van der Waals surface area contributed by atoms with Crippen molar-refractivity contribution in [2.45, 2.75) is 23.7 Å². The maximum absolute atomic E-state index is 12.3. The van der Waals surface area contributed by atoms with E-state index < -0.39 is 0 Å². The van der Waals surface area contributed by atoms with Crippen molar-refractivity contribution < 1.29 is 14.3 Å². The lowest BCUT2D eigenvalue weighted by Crippen LogP contribution is -2.28. The summed E-state index contributed by atoms with van der Waals surface area (Å²) in [6.45, 7) is 1.95. The average molecular weight is 442 g/mol. The van der Waals surface area contributed by atoms with Crippen molar-refractivity contribution in [2.75, 3.05) is 18.2 Å². The van der Waals surface area contributed by atoms with E-state index in [-0.39, 0.29) is 30.0 Å². The number of nitrogens with zero attached hydrogens (tertiary/aromatic N) is 1. The quantitative estimate of drug-likeness (QED) is 0.484. The molecule has 0 aliphatic heterocycles. The molecule has 0 fully saturated rings. The van der Waals surface area contributed by atoms with E-state index in [1.807, 2.05) is 60.8 Å². The zero-order valence-electron chi connectivity index (χ0n) is 16.8. The molecule has 0 saturated carbocycles. The van der Waals surface area contributed by atoms with Crippen molar-refractivity contribution in [3.8, 4) is 5.75 Å². The number of hydrogen-bond acceptors (Lipinski definition) is 6. The molecular weight excluding hydrogens is 418 g/mol. The van der Waals surface area contributed by atoms with Crippen molar-refractivity contribution in [3.63, 3.8) is 0 Å². The standard InChI is InChI=1S/C22H23N3O3S2/c1-15(16-7-4-3-5-8-16)23-20(26)12-18-13-29-22(25-18)30-14-21(27)24-17-9-6-10-19(11-17)28-2/h3-11,13,15H,12,14H2,1-2H3,(H,23,26)(H,24,27)/t15-/m1/s1. The van der Waals surface area contributed by atoms with Gasteiger partial charge in [-0.1, -0.05) is 48.2 Å². The Morgan fingerprint density at radius 1 is 1.13 bits per heavy atom. The number of benzene rings is 2. The number of ether oxygens (including phenoxy) is 1. The smallest absolute Gasteiger partial charge is 0.234 e. The fraction of sp³-hybridized carbons (Fsp3) is 0.227. The molecule has 2 aromatic carbocycles. The van der Waals surface area contributed by atoms with Crippen LogP contribution in [0.3, 0.4) is 0 Å². The normalized spacial score (nSPS) is 11.5. The fourth-order valence-corrected chi connectivity index (χ4v) is 4.39. The summed E-state index contributed by atoms with van der Waals surface area (Å²) >= 11 is 2.78. The van der Waals surface area contributed by atoms with Gasteiger partial charge in [-0.2, -0.15) is 0 Å². The largest absolute Gasteiger partial charge is 0.497 e. The zero-order chi connectivity index (χ0) is 21.3. The number of aromatic nitrogens is 1. The molecule has 1 atom stereocenters. The van der Waals surface area contributed by atoms with Gasteiger partial charge in [0, 0.05) is 17.1 Å². The first-order chi connectivity index (χ1) is 14.5. The van der Waals surface area contributed by atoms with Gasteiger partial charge in [0.05, 0.1) is 31.0 Å². The molecule has 0 unspecified atom stereocenters. The second-order valence-corrected chi connectivity index (χ2v) is 8.63. The van der Waals surface area contributed by atoms with Crippen LogP contribution < -0.4 is 15.4 Å². The highest BCUT2D eigenvalue weighted by Gasteiger charge is 2.13. The first-order valence-corrected chi connectivity index (χ1v) is 11.3. The summed E-state index contributed by atoms with van der Waals surface area (Å²) < 4.78 is 5.91. The lowest BCUT2D eigenvalue weighted by molar-refractivity contribution is -0.121. The van der Waals surface area contributed by atoms with Crippen molar-refractivity contribution in [1.82, 2.24) is 10.3 Å². The van der Waals surface area contributed by atoms with Crippen LogP contribution in [0.15, 0.2) is 64.3 Å². The molecular formula is C22H23N3O3S2. The number of nitrogens with one attached hydrogen (secondary N) is 2. The van der Waals surface area contributed by atoms with E-state index in [0.29, 0.717) is 17.1 Å². The number of thiazole rings is 1. The van der Waals surface area contributed by atoms with Crippen LogP contribution in [-0.4, -0.2) is 29.7 Å². The summed E-state index contributed by atoms with van der Waals surface area (Å²) in [7, 11) is 1.58. The van der Waals surface area contributed by atoms with Crippen LogP contribution in [0.2, 0.25) is 0 Å². The zero-order valence-corrected chi connectivity index (χ0v) is 18.4. The van der Waals surface area contributed by atoms with E-state index in [1.165, 1.54) is 23.1 Å². The van der Waals surface area contributed by atoms with E-state index in [9.17, 15) is 9.59 Å². The molecule has 3 aromatic rings. The minimum atomic E-state index is -0.126. The van der Waals surface area contributed by atoms with Gasteiger partial charge in [-0.05, 0) is 24.6 Å². The van der Waals surface area contributed by atoms with Gasteiger partial charge >= 0.3 is 0 Å². The van der Waals surface area contributed by atoms with E-state index in [2.05, 4.69) is 15.6 Å². The first-order valence-electron chi connectivity index (χ1n) is 9.39. The number of hydrogen-bond donors (Lipinski definition) is 2. The Bertz CT molecular complexity index is 992. The van der Waals surface area contributed by atoms with E-state index >= 15 is 0 Å². The van der Waals surface area contributed by atoms with Gasteiger partial charge in [-0.15, -0.1) is 11.3 Å². The Morgan fingerprint density at radius 3 is 2.70 bits per heavy atom. The Kier molecular flexibility index (Phi) is 7.87. The molecule has 1 aromatic heterocycles. The number of methoxy groups -OCH3 is 1. The van der Waals surface area contributed by atoms with Crippen LogP contribution >= 0.6 is 23.1 Å². The number of anilines is 1.